The first-order valence-electron chi connectivity index (χ1n) is 19.9. The highest BCUT2D eigenvalue weighted by molar-refractivity contribution is 6.12. The van der Waals surface area contributed by atoms with Crippen molar-refractivity contribution in [2.24, 2.45) is 0 Å². The van der Waals surface area contributed by atoms with Crippen LogP contribution < -0.4 is 0 Å². The summed E-state index contributed by atoms with van der Waals surface area (Å²) in [5.74, 6) is 0.693. The van der Waals surface area contributed by atoms with Crippen LogP contribution in [-0.4, -0.2) is 9.97 Å². The average Bonchev–Trinajstić information content (AvgIpc) is 3.78. The molecule has 0 atom stereocenters. The Morgan fingerprint density at radius 2 is 0.914 bits per heavy atom. The van der Waals surface area contributed by atoms with Gasteiger partial charge < -0.3 is 4.42 Å². The van der Waals surface area contributed by atoms with E-state index in [-0.39, 0.29) is 5.41 Å². The van der Waals surface area contributed by atoms with Gasteiger partial charge in [-0.3, -0.25) is 0 Å². The summed E-state index contributed by atoms with van der Waals surface area (Å²) in [6, 6.07) is 69.0. The molecule has 274 valence electrons. The summed E-state index contributed by atoms with van der Waals surface area (Å²) in [4.78, 5) is 10.6. The number of hydrogen-bond donors (Lipinski definition) is 0. The van der Waals surface area contributed by atoms with Gasteiger partial charge in [-0.05, 0) is 98.1 Å². The lowest BCUT2D eigenvalue weighted by atomic mass is 9.82. The summed E-state index contributed by atoms with van der Waals surface area (Å²) >= 11 is 0. The predicted octanol–water partition coefficient (Wildman–Crippen LogP) is 14.7. The zero-order valence-corrected chi connectivity index (χ0v) is 32.3. The van der Waals surface area contributed by atoms with Crippen LogP contribution in [0.15, 0.2) is 199 Å². The van der Waals surface area contributed by atoms with Gasteiger partial charge in [0.05, 0.1) is 11.4 Å². The molecule has 0 bridgehead atoms. The van der Waals surface area contributed by atoms with Crippen LogP contribution in [0.1, 0.15) is 25.0 Å². The highest BCUT2D eigenvalue weighted by Gasteiger charge is 2.35. The molecule has 1 aliphatic rings. The van der Waals surface area contributed by atoms with Crippen LogP contribution in [0, 0.1) is 0 Å². The number of furan rings is 1. The normalized spacial score (nSPS) is 12.8. The molecule has 8 aromatic carbocycles. The molecule has 0 unspecified atom stereocenters. The first kappa shape index (κ1) is 33.9. The summed E-state index contributed by atoms with van der Waals surface area (Å²) in [7, 11) is 0. The largest absolute Gasteiger partial charge is 0.456 e. The summed E-state index contributed by atoms with van der Waals surface area (Å²) < 4.78 is 6.38. The molecular weight excluding hydrogens is 705 g/mol. The maximum Gasteiger partial charge on any atom is 0.160 e. The Balaban J connectivity index is 1.12. The quantitative estimate of drug-likeness (QED) is 0.170. The fraction of sp³-hybridized carbons (Fsp3) is 0.0545. The molecule has 0 saturated carbocycles. The minimum atomic E-state index is -0.127. The van der Waals surface area contributed by atoms with E-state index in [1.165, 1.54) is 33.4 Å². The zero-order valence-electron chi connectivity index (χ0n) is 32.3. The molecule has 0 fully saturated rings. The van der Waals surface area contributed by atoms with Crippen LogP contribution >= 0.6 is 0 Å². The Labute approximate surface area is 338 Å². The van der Waals surface area contributed by atoms with Gasteiger partial charge in [0.15, 0.2) is 5.82 Å². The minimum absolute atomic E-state index is 0.127. The Bertz CT molecular complexity index is 3180. The van der Waals surface area contributed by atoms with Crippen LogP contribution in [0.25, 0.3) is 100 Å². The number of para-hydroxylation sites is 1. The average molecular weight is 743 g/mol. The summed E-state index contributed by atoms with van der Waals surface area (Å²) in [6.45, 7) is 4.65. The van der Waals surface area contributed by atoms with Gasteiger partial charge in [-0.15, -0.1) is 0 Å². The Hall–Kier alpha value is -7.36. The first-order chi connectivity index (χ1) is 28.5. The fourth-order valence-electron chi connectivity index (χ4n) is 8.92. The topological polar surface area (TPSA) is 38.9 Å². The van der Waals surface area contributed by atoms with E-state index in [0.717, 1.165) is 72.3 Å². The molecule has 3 heteroatoms. The van der Waals surface area contributed by atoms with E-state index in [0.29, 0.717) is 5.82 Å². The van der Waals surface area contributed by atoms with E-state index >= 15 is 0 Å². The molecule has 1 aliphatic carbocycles. The van der Waals surface area contributed by atoms with Gasteiger partial charge in [0.2, 0.25) is 0 Å². The summed E-state index contributed by atoms with van der Waals surface area (Å²) in [5.41, 5.74) is 18.5. The fourth-order valence-corrected chi connectivity index (χ4v) is 8.92. The smallest absolute Gasteiger partial charge is 0.160 e. The number of nitrogens with zero attached hydrogens (tertiary/aromatic N) is 2. The molecule has 0 spiro atoms. The molecule has 2 aromatic heterocycles. The Morgan fingerprint density at radius 3 is 1.71 bits per heavy atom. The van der Waals surface area contributed by atoms with Crippen LogP contribution in [0.5, 0.6) is 0 Å². The van der Waals surface area contributed by atoms with Gasteiger partial charge in [0.25, 0.3) is 0 Å². The van der Waals surface area contributed by atoms with Crippen molar-refractivity contribution in [2.45, 2.75) is 19.3 Å². The van der Waals surface area contributed by atoms with Crippen LogP contribution in [0.3, 0.4) is 0 Å². The van der Waals surface area contributed by atoms with Crippen molar-refractivity contribution in [1.29, 1.82) is 0 Å². The van der Waals surface area contributed by atoms with Gasteiger partial charge in [-0.25, -0.2) is 9.97 Å². The minimum Gasteiger partial charge on any atom is -0.456 e. The number of hydrogen-bond acceptors (Lipinski definition) is 3. The lowest BCUT2D eigenvalue weighted by molar-refractivity contribution is 0.660. The molecule has 0 N–H and O–H groups in total. The SMILES string of the molecule is CC1(C)c2ccccc2-c2ccc(-c3cc(-c4cc(-c5ccc(-c6ccccc6)cc5)cc(-c5cccc6oc7ccccc7c56)c4)nc(-c4ccccc4)n3)cc21. The highest BCUT2D eigenvalue weighted by Crippen LogP contribution is 2.49. The molecule has 0 amide bonds. The molecule has 58 heavy (non-hydrogen) atoms. The number of aromatic nitrogens is 2. The molecule has 10 aromatic rings. The van der Waals surface area contributed by atoms with E-state index in [2.05, 4.69) is 178 Å². The van der Waals surface area contributed by atoms with Gasteiger partial charge in [-0.2, -0.15) is 0 Å². The van der Waals surface area contributed by atoms with Crippen molar-refractivity contribution in [3.63, 3.8) is 0 Å². The molecule has 0 saturated heterocycles. The monoisotopic (exact) mass is 742 g/mol. The first-order valence-corrected chi connectivity index (χ1v) is 19.9. The van der Waals surface area contributed by atoms with Crippen LogP contribution in [0.4, 0.5) is 0 Å². The predicted molar refractivity (Wildman–Crippen MR) is 239 cm³/mol. The van der Waals surface area contributed by atoms with E-state index in [4.69, 9.17) is 14.4 Å². The second-order valence-corrected chi connectivity index (χ2v) is 15.8. The molecule has 11 rings (SSSR count). The second kappa shape index (κ2) is 13.4. The lowest BCUT2D eigenvalue weighted by Crippen LogP contribution is -2.14. The van der Waals surface area contributed by atoms with E-state index < -0.39 is 0 Å². The molecular formula is C55H38N2O. The van der Waals surface area contributed by atoms with Crippen molar-refractivity contribution in [3.8, 4) is 78.4 Å². The van der Waals surface area contributed by atoms with Crippen LogP contribution in [0.2, 0.25) is 0 Å². The third kappa shape index (κ3) is 5.66. The van der Waals surface area contributed by atoms with E-state index in [9.17, 15) is 0 Å². The zero-order chi connectivity index (χ0) is 38.8. The Kier molecular flexibility index (Phi) is 7.84. The number of rotatable bonds is 6. The van der Waals surface area contributed by atoms with Gasteiger partial charge >= 0.3 is 0 Å². The standard InChI is InChI=1S/C55H38N2O/c1-55(2)47-21-11-9-18-44(47)45-29-28-39(33-48(45)55)49-34-50(57-54(56-49)38-16-7-4-8-17-38)42-31-40(37-26-24-36(25-27-37)35-14-5-3-6-15-35)30-41(32-42)43-20-13-23-52-53(43)46-19-10-12-22-51(46)58-52/h3-34H,1-2H3. The Morgan fingerprint density at radius 1 is 0.362 bits per heavy atom. The van der Waals surface area contributed by atoms with E-state index in [1.54, 1.807) is 0 Å². The third-order valence-electron chi connectivity index (χ3n) is 11.9. The summed E-state index contributed by atoms with van der Waals surface area (Å²) in [5, 5.41) is 2.21. The van der Waals surface area contributed by atoms with Gasteiger partial charge in [0, 0.05) is 32.9 Å². The van der Waals surface area contributed by atoms with Gasteiger partial charge in [0.1, 0.15) is 11.2 Å². The molecule has 0 radical (unpaired) electrons. The third-order valence-corrected chi connectivity index (χ3v) is 11.9. The maximum absolute atomic E-state index is 6.38. The highest BCUT2D eigenvalue weighted by atomic mass is 16.3. The molecule has 3 nitrogen and oxygen atoms in total. The second-order valence-electron chi connectivity index (χ2n) is 15.8. The van der Waals surface area contributed by atoms with Crippen molar-refractivity contribution in [2.75, 3.05) is 0 Å². The number of fused-ring (bicyclic) bond motifs is 6. The van der Waals surface area contributed by atoms with Gasteiger partial charge in [-0.1, -0.05) is 166 Å². The molecule has 2 heterocycles. The summed E-state index contributed by atoms with van der Waals surface area (Å²) in [6.07, 6.45) is 0. The van der Waals surface area contributed by atoms with Crippen molar-refractivity contribution < 1.29 is 4.42 Å². The van der Waals surface area contributed by atoms with Crippen molar-refractivity contribution in [3.05, 3.63) is 205 Å². The van der Waals surface area contributed by atoms with E-state index in [1.807, 2.05) is 30.3 Å². The maximum atomic E-state index is 6.38. The van der Waals surface area contributed by atoms with Crippen molar-refractivity contribution >= 4 is 21.9 Å². The molecule has 0 aliphatic heterocycles. The van der Waals surface area contributed by atoms with Crippen molar-refractivity contribution in [1.82, 2.24) is 9.97 Å². The lowest BCUT2D eigenvalue weighted by Gasteiger charge is -2.22. The number of benzene rings is 8. The van der Waals surface area contributed by atoms with Crippen LogP contribution in [-0.2, 0) is 5.41 Å².